The maximum absolute atomic E-state index is 11.6. The van der Waals surface area contributed by atoms with Crippen LogP contribution >= 0.6 is 0 Å². The van der Waals surface area contributed by atoms with E-state index in [0.717, 1.165) is 4.57 Å². The second-order valence-corrected chi connectivity index (χ2v) is 3.98. The molecule has 1 aromatic rings. The lowest BCUT2D eigenvalue weighted by Crippen LogP contribution is -2.37. The fourth-order valence-corrected chi connectivity index (χ4v) is 2.01. The summed E-state index contributed by atoms with van der Waals surface area (Å²) >= 11 is 0. The van der Waals surface area contributed by atoms with Crippen LogP contribution in [0.15, 0.2) is 17.1 Å². The van der Waals surface area contributed by atoms with E-state index >= 15 is 0 Å². The van der Waals surface area contributed by atoms with Crippen LogP contribution in [0.3, 0.4) is 0 Å². The van der Waals surface area contributed by atoms with Gasteiger partial charge in [-0.05, 0) is 6.07 Å². The molecule has 1 aromatic heterocycles. The van der Waals surface area contributed by atoms with Crippen molar-refractivity contribution in [2.75, 3.05) is 19.5 Å². The summed E-state index contributed by atoms with van der Waals surface area (Å²) in [5.74, 6) is 0.0886. The van der Waals surface area contributed by atoms with Gasteiger partial charge in [0.1, 0.15) is 24.1 Å². The molecule has 8 nitrogen and oxygen atoms in total. The molecule has 18 heavy (non-hydrogen) atoms. The Morgan fingerprint density at radius 2 is 2.39 bits per heavy atom. The Morgan fingerprint density at radius 3 is 2.89 bits per heavy atom. The van der Waals surface area contributed by atoms with Crippen LogP contribution in [0.1, 0.15) is 6.23 Å². The molecule has 0 spiro atoms. The Kier molecular flexibility index (Phi) is 3.62. The smallest absolute Gasteiger partial charge is 0.351 e. The van der Waals surface area contributed by atoms with E-state index in [2.05, 4.69) is 4.98 Å². The van der Waals surface area contributed by atoms with E-state index < -0.39 is 30.2 Å². The molecule has 0 bridgehead atoms. The van der Waals surface area contributed by atoms with Gasteiger partial charge in [-0.25, -0.2) is 4.79 Å². The number of nitrogen functional groups attached to an aromatic ring is 1. The number of anilines is 1. The van der Waals surface area contributed by atoms with Crippen LogP contribution in [-0.4, -0.2) is 51.8 Å². The molecule has 1 saturated heterocycles. The van der Waals surface area contributed by atoms with Crippen LogP contribution in [0, 0.1) is 0 Å². The molecule has 8 heteroatoms. The molecule has 1 fully saturated rings. The third-order valence-corrected chi connectivity index (χ3v) is 2.89. The Hall–Kier alpha value is -1.48. The second-order valence-electron chi connectivity index (χ2n) is 3.98. The standard InChI is InChI=1S/C10H15N3O5/c1-17-8-5(4-14)18-9(7(8)15)13-3-2-6(11)12-10(13)16/h2-3,5,7-9,14-15H,4H2,1H3,(H2,11,12,16)/t5-,7-,8+,9?/m1/s1. The first-order chi connectivity index (χ1) is 8.58. The Labute approximate surface area is 103 Å². The van der Waals surface area contributed by atoms with Gasteiger partial charge in [0.15, 0.2) is 6.23 Å². The zero-order valence-corrected chi connectivity index (χ0v) is 9.76. The predicted molar refractivity (Wildman–Crippen MR) is 60.7 cm³/mol. The van der Waals surface area contributed by atoms with Gasteiger partial charge in [-0.2, -0.15) is 4.98 Å². The highest BCUT2D eigenvalue weighted by atomic mass is 16.6. The van der Waals surface area contributed by atoms with E-state index in [1.54, 1.807) is 0 Å². The minimum atomic E-state index is -1.07. The fraction of sp³-hybridized carbons (Fsp3) is 0.600. The van der Waals surface area contributed by atoms with Gasteiger partial charge in [-0.3, -0.25) is 4.57 Å². The molecule has 0 aromatic carbocycles. The largest absolute Gasteiger partial charge is 0.394 e. The normalized spacial score (nSPS) is 31.7. The Morgan fingerprint density at radius 1 is 1.67 bits per heavy atom. The summed E-state index contributed by atoms with van der Waals surface area (Å²) in [6.07, 6.45) is -2.04. The highest BCUT2D eigenvalue weighted by Gasteiger charge is 2.45. The van der Waals surface area contributed by atoms with E-state index in [1.165, 1.54) is 19.4 Å². The van der Waals surface area contributed by atoms with Crippen molar-refractivity contribution in [2.45, 2.75) is 24.5 Å². The first-order valence-corrected chi connectivity index (χ1v) is 5.40. The minimum Gasteiger partial charge on any atom is -0.394 e. The molecule has 4 atom stereocenters. The second kappa shape index (κ2) is 5.02. The van der Waals surface area contributed by atoms with Crippen LogP contribution < -0.4 is 11.4 Å². The van der Waals surface area contributed by atoms with Crippen LogP contribution in [0.4, 0.5) is 5.82 Å². The first-order valence-electron chi connectivity index (χ1n) is 5.40. The molecular weight excluding hydrogens is 242 g/mol. The topological polar surface area (TPSA) is 120 Å². The molecule has 2 rings (SSSR count). The average molecular weight is 257 g/mol. The zero-order chi connectivity index (χ0) is 13.3. The molecule has 1 aliphatic rings. The lowest BCUT2D eigenvalue weighted by atomic mass is 10.1. The van der Waals surface area contributed by atoms with Crippen molar-refractivity contribution in [1.82, 2.24) is 9.55 Å². The van der Waals surface area contributed by atoms with Gasteiger partial charge in [0.25, 0.3) is 0 Å². The highest BCUT2D eigenvalue weighted by molar-refractivity contribution is 5.23. The van der Waals surface area contributed by atoms with Gasteiger partial charge in [-0.15, -0.1) is 0 Å². The summed E-state index contributed by atoms with van der Waals surface area (Å²) in [4.78, 5) is 15.2. The van der Waals surface area contributed by atoms with Crippen molar-refractivity contribution in [3.8, 4) is 0 Å². The van der Waals surface area contributed by atoms with Crippen molar-refractivity contribution >= 4 is 5.82 Å². The third kappa shape index (κ3) is 2.10. The van der Waals surface area contributed by atoms with Gasteiger partial charge < -0.3 is 25.4 Å². The summed E-state index contributed by atoms with van der Waals surface area (Å²) in [5.41, 5.74) is 4.74. The van der Waals surface area contributed by atoms with E-state index in [-0.39, 0.29) is 12.4 Å². The number of nitrogens with zero attached hydrogens (tertiary/aromatic N) is 2. The SMILES string of the molecule is CO[C@H]1[C@@H](CO)OC(n2ccc(N)nc2=O)[C@@H]1O. The maximum Gasteiger partial charge on any atom is 0.351 e. The van der Waals surface area contributed by atoms with Gasteiger partial charge in [0, 0.05) is 13.3 Å². The molecular formula is C10H15N3O5. The van der Waals surface area contributed by atoms with E-state index in [4.69, 9.17) is 20.3 Å². The maximum atomic E-state index is 11.6. The van der Waals surface area contributed by atoms with Gasteiger partial charge in [0.05, 0.1) is 6.61 Å². The summed E-state index contributed by atoms with van der Waals surface area (Å²) in [7, 11) is 1.40. The van der Waals surface area contributed by atoms with Crippen LogP contribution in [-0.2, 0) is 9.47 Å². The summed E-state index contributed by atoms with van der Waals surface area (Å²) in [6.45, 7) is -0.316. The molecule has 100 valence electrons. The number of aliphatic hydroxyl groups is 2. The number of rotatable bonds is 3. The molecule has 0 amide bonds. The van der Waals surface area contributed by atoms with Gasteiger partial charge >= 0.3 is 5.69 Å². The van der Waals surface area contributed by atoms with Crippen molar-refractivity contribution in [1.29, 1.82) is 0 Å². The number of aliphatic hydroxyl groups excluding tert-OH is 2. The van der Waals surface area contributed by atoms with Crippen LogP contribution in [0.5, 0.6) is 0 Å². The number of methoxy groups -OCH3 is 1. The predicted octanol–water partition coefficient (Wildman–Crippen LogP) is -1.91. The number of nitrogens with two attached hydrogens (primary N) is 1. The summed E-state index contributed by atoms with van der Waals surface area (Å²) in [5, 5.41) is 19.1. The summed E-state index contributed by atoms with van der Waals surface area (Å²) < 4.78 is 11.6. The van der Waals surface area contributed by atoms with Crippen molar-refractivity contribution in [2.24, 2.45) is 0 Å². The third-order valence-electron chi connectivity index (χ3n) is 2.89. The average Bonchev–Trinajstić information content (AvgIpc) is 2.66. The van der Waals surface area contributed by atoms with Crippen LogP contribution in [0.2, 0.25) is 0 Å². The lowest BCUT2D eigenvalue weighted by Gasteiger charge is -2.18. The van der Waals surface area contributed by atoms with E-state index in [9.17, 15) is 9.90 Å². The van der Waals surface area contributed by atoms with Gasteiger partial charge in [-0.1, -0.05) is 0 Å². The van der Waals surface area contributed by atoms with Crippen molar-refractivity contribution < 1.29 is 19.7 Å². The molecule has 4 N–H and O–H groups in total. The molecule has 2 heterocycles. The summed E-state index contributed by atoms with van der Waals surface area (Å²) in [6, 6.07) is 1.42. The molecule has 1 unspecified atom stereocenters. The number of hydrogen-bond acceptors (Lipinski definition) is 7. The molecule has 0 aliphatic carbocycles. The van der Waals surface area contributed by atoms with E-state index in [1.807, 2.05) is 0 Å². The van der Waals surface area contributed by atoms with Crippen LogP contribution in [0.25, 0.3) is 0 Å². The molecule has 0 radical (unpaired) electrons. The number of ether oxygens (including phenoxy) is 2. The monoisotopic (exact) mass is 257 g/mol. The Bertz CT molecular complexity index is 477. The minimum absolute atomic E-state index is 0.0886. The van der Waals surface area contributed by atoms with E-state index in [0.29, 0.717) is 0 Å². The first kappa shape index (κ1) is 13.0. The van der Waals surface area contributed by atoms with Crippen molar-refractivity contribution in [3.05, 3.63) is 22.7 Å². The van der Waals surface area contributed by atoms with Crippen molar-refractivity contribution in [3.63, 3.8) is 0 Å². The number of hydrogen-bond donors (Lipinski definition) is 3. The Balaban J connectivity index is 2.32. The fourth-order valence-electron chi connectivity index (χ4n) is 2.01. The lowest BCUT2D eigenvalue weighted by molar-refractivity contribution is -0.0568. The molecule has 0 saturated carbocycles. The van der Waals surface area contributed by atoms with Gasteiger partial charge in [0.2, 0.25) is 0 Å². The highest BCUT2D eigenvalue weighted by Crippen LogP contribution is 2.29. The molecule has 1 aliphatic heterocycles. The zero-order valence-electron chi connectivity index (χ0n) is 9.76. The number of aromatic nitrogens is 2. The quantitative estimate of drug-likeness (QED) is 0.578.